The molecular formula is C22H29F6N3O5S. The highest BCUT2D eigenvalue weighted by Gasteiger charge is 2.40. The molecule has 37 heavy (non-hydrogen) atoms. The summed E-state index contributed by atoms with van der Waals surface area (Å²) >= 11 is 1.61. The van der Waals surface area contributed by atoms with Gasteiger partial charge >= 0.3 is 24.3 Å². The molecule has 210 valence electrons. The first-order chi connectivity index (χ1) is 17.2. The monoisotopic (exact) mass is 561 g/mol. The van der Waals surface area contributed by atoms with Gasteiger partial charge in [-0.2, -0.15) is 37.7 Å². The Morgan fingerprint density at radius 1 is 0.838 bits per heavy atom. The third-order valence-electron chi connectivity index (χ3n) is 6.36. The third kappa shape index (κ3) is 10.1. The van der Waals surface area contributed by atoms with E-state index in [-0.39, 0.29) is 5.91 Å². The lowest BCUT2D eigenvalue weighted by Gasteiger charge is -2.35. The summed E-state index contributed by atoms with van der Waals surface area (Å²) in [6, 6.07) is 1.96. The smallest absolute Gasteiger partial charge is 0.475 e. The topological polar surface area (TPSA) is 101 Å². The first-order valence-electron chi connectivity index (χ1n) is 11.5. The maximum atomic E-state index is 12.5. The summed E-state index contributed by atoms with van der Waals surface area (Å²) in [5.74, 6) is -3.87. The van der Waals surface area contributed by atoms with Crippen LogP contribution in [0.15, 0.2) is 16.8 Å². The lowest BCUT2D eigenvalue weighted by molar-refractivity contribution is -0.193. The van der Waals surface area contributed by atoms with Crippen LogP contribution in [0.1, 0.15) is 29.6 Å². The van der Waals surface area contributed by atoms with Crippen LogP contribution in [0.5, 0.6) is 0 Å². The largest absolute Gasteiger partial charge is 0.490 e. The van der Waals surface area contributed by atoms with Crippen molar-refractivity contribution in [3.63, 3.8) is 0 Å². The van der Waals surface area contributed by atoms with E-state index in [0.29, 0.717) is 5.92 Å². The van der Waals surface area contributed by atoms with Crippen LogP contribution in [0.25, 0.3) is 0 Å². The Kier molecular flexibility index (Phi) is 11.2. The SMILES string of the molecule is O=C(O)C(F)(F)F.O=C(O)C(F)(F)F.O=C(c1ccsc1)N1C[C@H]2CN(CCN3CCCC3)CC[C@H]2C1. The lowest BCUT2D eigenvalue weighted by Crippen LogP contribution is -2.43. The number of nitrogens with zero attached hydrogens (tertiary/aromatic N) is 3. The molecule has 0 spiro atoms. The molecular weight excluding hydrogens is 532 g/mol. The van der Waals surface area contributed by atoms with Gasteiger partial charge in [0.25, 0.3) is 5.91 Å². The van der Waals surface area contributed by atoms with E-state index in [1.165, 1.54) is 58.5 Å². The molecule has 4 rings (SSSR count). The molecule has 0 saturated carbocycles. The maximum absolute atomic E-state index is 12.5. The van der Waals surface area contributed by atoms with Crippen molar-refractivity contribution in [2.45, 2.75) is 31.6 Å². The predicted octanol–water partition coefficient (Wildman–Crippen LogP) is 3.50. The van der Waals surface area contributed by atoms with Crippen molar-refractivity contribution >= 4 is 29.2 Å². The highest BCUT2D eigenvalue weighted by molar-refractivity contribution is 7.08. The highest BCUT2D eigenvalue weighted by Crippen LogP contribution is 2.32. The van der Waals surface area contributed by atoms with Gasteiger partial charge in [0.2, 0.25) is 0 Å². The number of carbonyl (C=O) groups excluding carboxylic acids is 1. The van der Waals surface area contributed by atoms with Crippen molar-refractivity contribution in [3.05, 3.63) is 22.4 Å². The Labute approximate surface area is 213 Å². The van der Waals surface area contributed by atoms with Gasteiger partial charge in [-0.15, -0.1) is 0 Å². The van der Waals surface area contributed by atoms with E-state index < -0.39 is 24.3 Å². The van der Waals surface area contributed by atoms with E-state index in [9.17, 15) is 31.1 Å². The standard InChI is InChI=1S/C18H27N3OS.2C2HF3O2/c22-18(16-4-10-23-14-16)21-12-15-3-7-20(11-17(15)13-21)9-8-19-5-1-2-6-19;2*3-2(4,5)1(6)7/h4,10,14-15,17H,1-3,5-9,11-13H2;2*(H,6,7)/t15-,17+;;/m0../s1. The second-order valence-corrected chi connectivity index (χ2v) is 9.77. The Bertz CT molecular complexity index is 866. The number of hydrogen-bond donors (Lipinski definition) is 2. The van der Waals surface area contributed by atoms with Crippen molar-refractivity contribution < 1.29 is 50.9 Å². The van der Waals surface area contributed by atoms with Crippen molar-refractivity contribution in [1.29, 1.82) is 0 Å². The van der Waals surface area contributed by atoms with Crippen LogP contribution in [0.4, 0.5) is 26.3 Å². The normalized spacial score (nSPS) is 22.4. The van der Waals surface area contributed by atoms with Gasteiger partial charge in [0, 0.05) is 38.1 Å². The number of piperidine rings is 1. The van der Waals surface area contributed by atoms with Gasteiger partial charge in [0.15, 0.2) is 0 Å². The molecule has 2 atom stereocenters. The summed E-state index contributed by atoms with van der Waals surface area (Å²) in [5, 5.41) is 18.2. The fourth-order valence-electron chi connectivity index (χ4n) is 4.47. The molecule has 3 fully saturated rings. The van der Waals surface area contributed by atoms with Gasteiger partial charge in [0.1, 0.15) is 0 Å². The zero-order valence-electron chi connectivity index (χ0n) is 19.8. The van der Waals surface area contributed by atoms with Crippen LogP contribution >= 0.6 is 11.3 Å². The maximum Gasteiger partial charge on any atom is 0.490 e. The molecule has 1 aromatic rings. The Morgan fingerprint density at radius 2 is 1.35 bits per heavy atom. The molecule has 3 aliphatic rings. The van der Waals surface area contributed by atoms with Crippen molar-refractivity contribution in [2.75, 3.05) is 52.4 Å². The van der Waals surface area contributed by atoms with Crippen LogP contribution < -0.4 is 0 Å². The quantitative estimate of drug-likeness (QED) is 0.543. The minimum absolute atomic E-state index is 0.240. The van der Waals surface area contributed by atoms with Crippen LogP contribution in [-0.2, 0) is 9.59 Å². The van der Waals surface area contributed by atoms with Crippen LogP contribution in [0.3, 0.4) is 0 Å². The number of likely N-dealkylation sites (tertiary alicyclic amines) is 3. The zero-order chi connectivity index (χ0) is 27.8. The number of alkyl halides is 6. The van der Waals surface area contributed by atoms with E-state index in [1.807, 2.05) is 16.8 Å². The number of aliphatic carboxylic acids is 2. The number of hydrogen-bond acceptors (Lipinski definition) is 6. The Hall–Kier alpha value is -2.39. The van der Waals surface area contributed by atoms with Gasteiger partial charge in [-0.05, 0) is 62.2 Å². The van der Waals surface area contributed by atoms with Gasteiger partial charge in [0.05, 0.1) is 5.56 Å². The molecule has 1 aromatic heterocycles. The summed E-state index contributed by atoms with van der Waals surface area (Å²) in [5.41, 5.74) is 0.875. The molecule has 4 heterocycles. The first kappa shape index (κ1) is 30.8. The van der Waals surface area contributed by atoms with Crippen LogP contribution in [-0.4, -0.2) is 107 Å². The highest BCUT2D eigenvalue weighted by atomic mass is 32.1. The second kappa shape index (κ2) is 13.4. The van der Waals surface area contributed by atoms with Crippen molar-refractivity contribution in [2.24, 2.45) is 11.8 Å². The number of carbonyl (C=O) groups is 3. The summed E-state index contributed by atoms with van der Waals surface area (Å²) in [4.78, 5) is 37.7. The fraction of sp³-hybridized carbons (Fsp3) is 0.682. The number of halogens is 6. The summed E-state index contributed by atoms with van der Waals surface area (Å²) < 4.78 is 63.5. The lowest BCUT2D eigenvalue weighted by atomic mass is 9.89. The van der Waals surface area contributed by atoms with E-state index in [2.05, 4.69) is 14.7 Å². The molecule has 8 nitrogen and oxygen atoms in total. The number of rotatable bonds is 4. The Morgan fingerprint density at radius 3 is 1.84 bits per heavy atom. The van der Waals surface area contributed by atoms with Gasteiger partial charge in [-0.3, -0.25) is 4.79 Å². The fourth-order valence-corrected chi connectivity index (χ4v) is 5.10. The van der Waals surface area contributed by atoms with Crippen LogP contribution in [0.2, 0.25) is 0 Å². The van der Waals surface area contributed by atoms with Crippen molar-refractivity contribution in [3.8, 4) is 0 Å². The number of carboxylic acids is 2. The minimum atomic E-state index is -5.08. The van der Waals surface area contributed by atoms with E-state index >= 15 is 0 Å². The molecule has 3 saturated heterocycles. The van der Waals surface area contributed by atoms with E-state index in [0.717, 1.165) is 24.6 Å². The average molecular weight is 562 g/mol. The molecule has 15 heteroatoms. The van der Waals surface area contributed by atoms with Gasteiger partial charge < -0.3 is 24.9 Å². The summed E-state index contributed by atoms with van der Waals surface area (Å²) in [7, 11) is 0. The summed E-state index contributed by atoms with van der Waals surface area (Å²) in [6.07, 6.45) is -6.15. The molecule has 0 bridgehead atoms. The molecule has 2 N–H and O–H groups in total. The second-order valence-electron chi connectivity index (χ2n) is 8.99. The molecule has 0 aliphatic carbocycles. The number of amides is 1. The van der Waals surface area contributed by atoms with E-state index in [4.69, 9.17) is 19.8 Å². The molecule has 0 unspecified atom stereocenters. The van der Waals surface area contributed by atoms with Gasteiger partial charge in [-0.1, -0.05) is 0 Å². The third-order valence-corrected chi connectivity index (χ3v) is 7.04. The number of thiophene rings is 1. The summed E-state index contributed by atoms with van der Waals surface area (Å²) in [6.45, 7) is 9.36. The first-order valence-corrected chi connectivity index (χ1v) is 12.5. The van der Waals surface area contributed by atoms with Crippen molar-refractivity contribution in [1.82, 2.24) is 14.7 Å². The number of carboxylic acid groups (broad SMARTS) is 2. The minimum Gasteiger partial charge on any atom is -0.475 e. The van der Waals surface area contributed by atoms with E-state index in [1.54, 1.807) is 11.3 Å². The molecule has 3 aliphatic heterocycles. The molecule has 0 aromatic carbocycles. The molecule has 0 radical (unpaired) electrons. The Balaban J connectivity index is 0.000000286. The number of fused-ring (bicyclic) bond motifs is 1. The van der Waals surface area contributed by atoms with Gasteiger partial charge in [-0.25, -0.2) is 9.59 Å². The van der Waals surface area contributed by atoms with Crippen LogP contribution in [0, 0.1) is 11.8 Å². The zero-order valence-corrected chi connectivity index (χ0v) is 20.6. The average Bonchev–Trinajstić information content (AvgIpc) is 3.58. The molecule has 1 amide bonds. The predicted molar refractivity (Wildman–Crippen MR) is 121 cm³/mol.